The molecule has 0 amide bonds. The molecule has 284 valence electrons. The minimum atomic E-state index is 0. The van der Waals surface area contributed by atoms with E-state index in [1.54, 1.807) is 0 Å². The number of hydrogen-bond donors (Lipinski definition) is 0. The number of benzene rings is 8. The van der Waals surface area contributed by atoms with Crippen molar-refractivity contribution in [2.45, 2.75) is 0 Å². The molecule has 4 heterocycles. The first-order valence-corrected chi connectivity index (χ1v) is 19.8. The van der Waals surface area contributed by atoms with Crippen LogP contribution in [0.5, 0.6) is 0 Å². The minimum Gasteiger partial charge on any atom is -0.500 e. The van der Waals surface area contributed by atoms with Crippen LogP contribution in [0.2, 0.25) is 0 Å². The van der Waals surface area contributed by atoms with E-state index in [9.17, 15) is 0 Å². The van der Waals surface area contributed by atoms with Crippen LogP contribution in [-0.4, -0.2) is 22.2 Å². The van der Waals surface area contributed by atoms with E-state index in [1.807, 2.05) is 12.1 Å². The van der Waals surface area contributed by atoms with E-state index in [0.717, 1.165) is 47.2 Å². The molecule has 2 aromatic heterocycles. The Balaban J connectivity index is 0.00000397. The van der Waals surface area contributed by atoms with Gasteiger partial charge in [-0.15, -0.1) is 35.6 Å². The second-order valence-corrected chi connectivity index (χ2v) is 14.9. The topological polar surface area (TPSA) is 22.8 Å². The summed E-state index contributed by atoms with van der Waals surface area (Å²) in [7, 11) is 0. The summed E-state index contributed by atoms with van der Waals surface area (Å²) in [6.45, 7) is 6.03. The molecule has 8 aromatic carbocycles. The third-order valence-corrected chi connectivity index (χ3v) is 11.7. The molecule has 0 saturated carbocycles. The van der Waals surface area contributed by atoms with Crippen molar-refractivity contribution in [3.8, 4) is 11.4 Å². The Kier molecular flexibility index (Phi) is 8.56. The van der Waals surface area contributed by atoms with Crippen LogP contribution >= 0.6 is 0 Å². The van der Waals surface area contributed by atoms with Crippen LogP contribution in [0.4, 0.5) is 34.1 Å². The monoisotopic (exact) mass is 939 g/mol. The van der Waals surface area contributed by atoms with Gasteiger partial charge in [-0.25, -0.2) is 0 Å². The average molecular weight is 940 g/mol. The van der Waals surface area contributed by atoms with Crippen LogP contribution in [0.15, 0.2) is 182 Å². The molecular formula is C52H36N6Pt. The fourth-order valence-corrected chi connectivity index (χ4v) is 9.15. The van der Waals surface area contributed by atoms with E-state index >= 15 is 0 Å². The number of anilines is 6. The Hall–Kier alpha value is -6.75. The molecule has 0 fully saturated rings. The van der Waals surface area contributed by atoms with Gasteiger partial charge in [-0.1, -0.05) is 108 Å². The maximum absolute atomic E-state index is 3.56. The van der Waals surface area contributed by atoms with Gasteiger partial charge in [-0.05, 0) is 48.5 Å². The molecule has 2 aliphatic heterocycles. The summed E-state index contributed by atoms with van der Waals surface area (Å²) < 4.78 is 4.73. The van der Waals surface area contributed by atoms with Crippen molar-refractivity contribution in [3.05, 3.63) is 207 Å². The van der Waals surface area contributed by atoms with Gasteiger partial charge in [0.25, 0.3) is 0 Å². The summed E-state index contributed by atoms with van der Waals surface area (Å²) in [4.78, 5) is 9.28. The quantitative estimate of drug-likeness (QED) is 0.149. The fraction of sp³-hybridized carbons (Fsp3) is 0.0385. The second-order valence-electron chi connectivity index (χ2n) is 14.9. The summed E-state index contributed by atoms with van der Waals surface area (Å²) in [6.07, 6.45) is 0. The van der Waals surface area contributed by atoms with Gasteiger partial charge < -0.3 is 28.7 Å². The summed E-state index contributed by atoms with van der Waals surface area (Å²) in [5, 5.41) is 5.02. The predicted octanol–water partition coefficient (Wildman–Crippen LogP) is 12.3. The molecule has 12 rings (SSSR count). The second kappa shape index (κ2) is 14.3. The molecule has 10 aromatic rings. The maximum Gasteiger partial charge on any atom is 4.00 e. The first-order valence-electron chi connectivity index (χ1n) is 19.8. The van der Waals surface area contributed by atoms with E-state index in [1.165, 1.54) is 55.0 Å². The molecule has 0 spiro atoms. The molecule has 0 aliphatic carbocycles. The number of hydrogen-bond acceptors (Lipinski definition) is 4. The normalized spacial score (nSPS) is 13.5. The van der Waals surface area contributed by atoms with E-state index < -0.39 is 0 Å². The molecule has 6 nitrogen and oxygen atoms in total. The maximum atomic E-state index is 3.56. The van der Waals surface area contributed by atoms with Gasteiger partial charge in [0.05, 0.1) is 22.1 Å². The largest absolute Gasteiger partial charge is 4.00 e. The Morgan fingerprint density at radius 2 is 0.695 bits per heavy atom. The predicted molar refractivity (Wildman–Crippen MR) is 240 cm³/mol. The van der Waals surface area contributed by atoms with Gasteiger partial charge in [0.15, 0.2) is 0 Å². The van der Waals surface area contributed by atoms with E-state index in [-0.39, 0.29) is 21.1 Å². The van der Waals surface area contributed by atoms with Crippen molar-refractivity contribution in [2.75, 3.05) is 32.7 Å². The molecule has 0 radical (unpaired) electrons. The molecular weight excluding hydrogens is 904 g/mol. The summed E-state index contributed by atoms with van der Waals surface area (Å²) in [5.74, 6) is 0. The number of rotatable bonds is 7. The SMILES string of the molecule is [Pt+4].[c-]1ccc(-n2c3ccccc3c3ccccc32)cc1N1[CH-]N(CCN2[CH-]N(c3[c-]ccc(-n4c5ccccc5c5ccccc54)c3)c3ccccc32)c2ccccc21. The van der Waals surface area contributed by atoms with Crippen LogP contribution in [0.3, 0.4) is 0 Å². The first kappa shape index (κ1) is 35.4. The smallest absolute Gasteiger partial charge is 0.500 e. The molecule has 0 bridgehead atoms. The Morgan fingerprint density at radius 1 is 0.373 bits per heavy atom. The van der Waals surface area contributed by atoms with E-state index in [0.29, 0.717) is 0 Å². The molecule has 0 unspecified atom stereocenters. The summed E-state index contributed by atoms with van der Waals surface area (Å²) in [5.41, 5.74) is 13.6. The zero-order valence-corrected chi connectivity index (χ0v) is 34.2. The van der Waals surface area contributed by atoms with Crippen LogP contribution in [0.1, 0.15) is 0 Å². The van der Waals surface area contributed by atoms with Crippen molar-refractivity contribution in [3.63, 3.8) is 0 Å². The van der Waals surface area contributed by atoms with Gasteiger partial charge in [0, 0.05) is 57.4 Å². The first-order chi connectivity index (χ1) is 28.8. The molecule has 0 saturated heterocycles. The number of aromatic nitrogens is 2. The van der Waals surface area contributed by atoms with Crippen molar-refractivity contribution < 1.29 is 21.1 Å². The molecule has 0 atom stereocenters. The van der Waals surface area contributed by atoms with Gasteiger partial charge in [0.1, 0.15) is 0 Å². The van der Waals surface area contributed by atoms with Gasteiger partial charge in [-0.2, -0.15) is 37.6 Å². The minimum absolute atomic E-state index is 0. The standard InChI is InChI=1S/C52H36N6.Pt/c1-5-23-45-41(19-1)42-20-2-6-24-46(42)57(45)39-17-13-15-37(33-39)55-35-53(49-27-9-11-29-51(49)55)31-32-54-36-56(52-30-12-10-28-50(52)54)38-16-14-18-40(34-38)58-47-25-7-3-21-43(47)44-22-4-8-26-48(44)58;/h1-14,17-30,33-36H,31-32H2;/q-4;+4. The van der Waals surface area contributed by atoms with Crippen LogP contribution in [0.25, 0.3) is 55.0 Å². The number of nitrogens with zero attached hydrogens (tertiary/aromatic N) is 6. The van der Waals surface area contributed by atoms with Crippen LogP contribution < -0.4 is 19.6 Å². The molecule has 59 heavy (non-hydrogen) atoms. The van der Waals surface area contributed by atoms with Gasteiger partial charge in [0.2, 0.25) is 0 Å². The number of fused-ring (bicyclic) bond motifs is 8. The van der Waals surface area contributed by atoms with Crippen LogP contribution in [0, 0.1) is 25.5 Å². The van der Waals surface area contributed by atoms with Crippen molar-refractivity contribution >= 4 is 77.7 Å². The van der Waals surface area contributed by atoms with Gasteiger partial charge in [-0.3, -0.25) is 0 Å². The third kappa shape index (κ3) is 5.66. The number of para-hydroxylation sites is 8. The Labute approximate surface area is 357 Å². The molecule has 0 N–H and O–H groups in total. The van der Waals surface area contributed by atoms with Crippen LogP contribution in [-0.2, 0) is 21.1 Å². The molecule has 7 heteroatoms. The zero-order valence-electron chi connectivity index (χ0n) is 31.9. The zero-order chi connectivity index (χ0) is 38.2. The third-order valence-electron chi connectivity index (χ3n) is 11.7. The summed E-state index contributed by atoms with van der Waals surface area (Å²) >= 11 is 0. The van der Waals surface area contributed by atoms with Crippen molar-refractivity contribution in [1.29, 1.82) is 0 Å². The van der Waals surface area contributed by atoms with Gasteiger partial charge >= 0.3 is 21.1 Å². The van der Waals surface area contributed by atoms with Crippen molar-refractivity contribution in [2.24, 2.45) is 0 Å². The average Bonchev–Trinajstić information content (AvgIpc) is 4.04. The fourth-order valence-electron chi connectivity index (χ4n) is 9.15. The summed E-state index contributed by atoms with van der Waals surface area (Å²) in [6, 6.07) is 72.0. The van der Waals surface area contributed by atoms with E-state index in [2.05, 4.69) is 224 Å². The Bertz CT molecular complexity index is 2880. The molecule has 2 aliphatic rings. The van der Waals surface area contributed by atoms with Crippen molar-refractivity contribution in [1.82, 2.24) is 9.13 Å². The van der Waals surface area contributed by atoms with E-state index in [4.69, 9.17) is 0 Å². The Morgan fingerprint density at radius 3 is 1.07 bits per heavy atom.